The molecule has 1 aliphatic rings. The van der Waals surface area contributed by atoms with Gasteiger partial charge in [0.25, 0.3) is 10.0 Å². The van der Waals surface area contributed by atoms with Gasteiger partial charge >= 0.3 is 0 Å². The second-order valence-electron chi connectivity index (χ2n) is 6.22. The molecule has 1 saturated carbocycles. The van der Waals surface area contributed by atoms with Crippen LogP contribution in [-0.4, -0.2) is 31.2 Å². The van der Waals surface area contributed by atoms with Crippen molar-refractivity contribution in [2.75, 3.05) is 6.54 Å². The zero-order valence-corrected chi connectivity index (χ0v) is 13.2. The number of aromatic amines is 1. The summed E-state index contributed by atoms with van der Waals surface area (Å²) in [6.45, 7) is 7.08. The number of nitrogens with zero attached hydrogens (tertiary/aromatic N) is 1. The number of sulfonamides is 1. The van der Waals surface area contributed by atoms with Gasteiger partial charge in [0.1, 0.15) is 0 Å². The Morgan fingerprint density at radius 2 is 2.15 bits per heavy atom. The quantitative estimate of drug-likeness (QED) is 0.677. The van der Waals surface area contributed by atoms with Crippen molar-refractivity contribution >= 4 is 10.0 Å². The third kappa shape index (κ3) is 4.04. The molecule has 1 aromatic rings. The molecular formula is C13H24N4O2S. The summed E-state index contributed by atoms with van der Waals surface area (Å²) in [6, 6.07) is 0.535. The highest BCUT2D eigenvalue weighted by molar-refractivity contribution is 7.89. The van der Waals surface area contributed by atoms with E-state index < -0.39 is 10.0 Å². The van der Waals surface area contributed by atoms with Crippen molar-refractivity contribution in [1.29, 1.82) is 0 Å². The van der Waals surface area contributed by atoms with Gasteiger partial charge in [-0.2, -0.15) is 5.10 Å². The molecular weight excluding hydrogens is 276 g/mol. The molecule has 0 spiro atoms. The molecule has 0 amide bonds. The van der Waals surface area contributed by atoms with Crippen molar-refractivity contribution in [3.05, 3.63) is 11.8 Å². The second kappa shape index (κ2) is 5.83. The van der Waals surface area contributed by atoms with E-state index in [-0.39, 0.29) is 10.4 Å². The van der Waals surface area contributed by atoms with Crippen molar-refractivity contribution < 1.29 is 8.42 Å². The normalized spacial score (nSPS) is 16.6. The van der Waals surface area contributed by atoms with Crippen molar-refractivity contribution in [3.8, 4) is 0 Å². The van der Waals surface area contributed by atoms with Crippen molar-refractivity contribution in [3.63, 3.8) is 0 Å². The molecule has 1 fully saturated rings. The highest BCUT2D eigenvalue weighted by atomic mass is 32.2. The van der Waals surface area contributed by atoms with Gasteiger partial charge in [-0.15, -0.1) is 0 Å². The fraction of sp³-hybridized carbons (Fsp3) is 0.769. The molecule has 114 valence electrons. The topological polar surface area (TPSA) is 86.9 Å². The fourth-order valence-electron chi connectivity index (χ4n) is 1.69. The van der Waals surface area contributed by atoms with E-state index in [0.717, 1.165) is 6.42 Å². The van der Waals surface area contributed by atoms with E-state index >= 15 is 0 Å². The van der Waals surface area contributed by atoms with Crippen LogP contribution in [-0.2, 0) is 16.6 Å². The average Bonchev–Trinajstić information content (AvgIpc) is 3.10. The molecule has 0 bridgehead atoms. The van der Waals surface area contributed by atoms with Crippen LogP contribution in [0.5, 0.6) is 0 Å². The Morgan fingerprint density at radius 3 is 2.75 bits per heavy atom. The smallest absolute Gasteiger partial charge is 0.257 e. The van der Waals surface area contributed by atoms with Crippen LogP contribution in [0.4, 0.5) is 0 Å². The van der Waals surface area contributed by atoms with Crippen LogP contribution in [0.2, 0.25) is 0 Å². The molecule has 0 saturated heterocycles. The molecule has 3 N–H and O–H groups in total. The first-order valence-corrected chi connectivity index (χ1v) is 8.58. The second-order valence-corrected chi connectivity index (χ2v) is 7.93. The van der Waals surface area contributed by atoms with Crippen LogP contribution in [0.25, 0.3) is 0 Å². The van der Waals surface area contributed by atoms with Crippen LogP contribution in [0.15, 0.2) is 11.2 Å². The molecule has 0 atom stereocenters. The van der Waals surface area contributed by atoms with Gasteiger partial charge in [-0.3, -0.25) is 5.10 Å². The predicted molar refractivity (Wildman–Crippen MR) is 77.7 cm³/mol. The number of aromatic nitrogens is 2. The lowest BCUT2D eigenvalue weighted by Gasteiger charge is -2.22. The minimum absolute atomic E-state index is 0.0560. The molecule has 0 unspecified atom stereocenters. The summed E-state index contributed by atoms with van der Waals surface area (Å²) in [5, 5.41) is 9.95. The number of H-pyrrole nitrogens is 1. The van der Waals surface area contributed by atoms with Gasteiger partial charge in [0.2, 0.25) is 0 Å². The third-order valence-electron chi connectivity index (χ3n) is 3.80. The first kappa shape index (κ1) is 15.5. The van der Waals surface area contributed by atoms with Gasteiger partial charge in [0, 0.05) is 24.7 Å². The maximum absolute atomic E-state index is 12.3. The van der Waals surface area contributed by atoms with Crippen molar-refractivity contribution in [2.45, 2.75) is 57.6 Å². The lowest BCUT2D eigenvalue weighted by Crippen LogP contribution is -2.34. The van der Waals surface area contributed by atoms with Gasteiger partial charge < -0.3 is 5.32 Å². The van der Waals surface area contributed by atoms with Gasteiger partial charge in [0.15, 0.2) is 5.03 Å². The minimum atomic E-state index is -3.53. The van der Waals surface area contributed by atoms with E-state index in [2.05, 4.69) is 27.2 Å². The zero-order chi connectivity index (χ0) is 14.8. The molecule has 1 aromatic heterocycles. The molecule has 0 aliphatic heterocycles. The van der Waals surface area contributed by atoms with Gasteiger partial charge in [-0.25, -0.2) is 13.1 Å². The van der Waals surface area contributed by atoms with E-state index in [1.165, 1.54) is 12.8 Å². The first-order chi connectivity index (χ1) is 9.34. The predicted octanol–water partition coefficient (Wildman–Crippen LogP) is 1.38. The molecule has 7 heteroatoms. The summed E-state index contributed by atoms with van der Waals surface area (Å²) in [5.74, 6) is 0. The van der Waals surface area contributed by atoms with Crippen LogP contribution >= 0.6 is 0 Å². The Labute approximate surface area is 120 Å². The molecule has 1 heterocycles. The van der Waals surface area contributed by atoms with Crippen molar-refractivity contribution in [2.24, 2.45) is 5.41 Å². The lowest BCUT2D eigenvalue weighted by molar-refractivity contribution is 0.350. The highest BCUT2D eigenvalue weighted by Gasteiger charge is 2.26. The molecule has 6 nitrogen and oxygen atoms in total. The number of hydrogen-bond acceptors (Lipinski definition) is 4. The number of hydrogen-bond donors (Lipinski definition) is 3. The molecule has 0 aromatic carbocycles. The van der Waals surface area contributed by atoms with Gasteiger partial charge in [0.05, 0.1) is 6.20 Å². The maximum atomic E-state index is 12.3. The first-order valence-electron chi connectivity index (χ1n) is 7.09. The SMILES string of the molecule is CCC(C)(C)CNS(=O)(=O)c1[nH]ncc1CNC1CC1. The van der Waals surface area contributed by atoms with Gasteiger partial charge in [-0.05, 0) is 24.7 Å². The average molecular weight is 300 g/mol. The molecule has 1 aliphatic carbocycles. The summed E-state index contributed by atoms with van der Waals surface area (Å²) < 4.78 is 27.3. The Balaban J connectivity index is 2.02. The Morgan fingerprint density at radius 1 is 1.45 bits per heavy atom. The summed E-state index contributed by atoms with van der Waals surface area (Å²) in [5.41, 5.74) is 0.637. The van der Waals surface area contributed by atoms with Crippen LogP contribution < -0.4 is 10.0 Å². The molecule has 0 radical (unpaired) electrons. The highest BCUT2D eigenvalue weighted by Crippen LogP contribution is 2.22. The van der Waals surface area contributed by atoms with E-state index in [0.29, 0.717) is 24.7 Å². The zero-order valence-electron chi connectivity index (χ0n) is 12.4. The lowest BCUT2D eigenvalue weighted by atomic mass is 9.91. The monoisotopic (exact) mass is 300 g/mol. The Bertz CT molecular complexity index is 546. The molecule has 2 rings (SSSR count). The largest absolute Gasteiger partial charge is 0.310 e. The Kier molecular flexibility index (Phi) is 4.51. The summed E-state index contributed by atoms with van der Waals surface area (Å²) >= 11 is 0. The fourth-order valence-corrected chi connectivity index (χ4v) is 3.06. The number of nitrogens with one attached hydrogen (secondary N) is 3. The Hall–Kier alpha value is -0.920. The maximum Gasteiger partial charge on any atom is 0.257 e. The summed E-state index contributed by atoms with van der Waals surface area (Å²) in [6.07, 6.45) is 4.83. The van der Waals surface area contributed by atoms with E-state index in [1.54, 1.807) is 6.20 Å². The number of rotatable bonds is 8. The van der Waals surface area contributed by atoms with E-state index in [1.807, 2.05) is 13.8 Å². The van der Waals surface area contributed by atoms with Crippen LogP contribution in [0.1, 0.15) is 45.6 Å². The molecule has 20 heavy (non-hydrogen) atoms. The van der Waals surface area contributed by atoms with E-state index in [9.17, 15) is 8.42 Å². The summed E-state index contributed by atoms with van der Waals surface area (Å²) in [4.78, 5) is 0. The van der Waals surface area contributed by atoms with Crippen LogP contribution in [0, 0.1) is 5.41 Å². The van der Waals surface area contributed by atoms with E-state index in [4.69, 9.17) is 0 Å². The standard InChI is InChI=1S/C13H24N4O2S/c1-4-13(2,3)9-16-20(18,19)12-10(8-15-17-12)7-14-11-5-6-11/h8,11,14,16H,4-7,9H2,1-3H3,(H,15,17). The minimum Gasteiger partial charge on any atom is -0.310 e. The van der Waals surface area contributed by atoms with Crippen LogP contribution in [0.3, 0.4) is 0 Å². The summed E-state index contributed by atoms with van der Waals surface area (Å²) in [7, 11) is -3.53. The third-order valence-corrected chi connectivity index (χ3v) is 5.22. The van der Waals surface area contributed by atoms with Gasteiger partial charge in [-0.1, -0.05) is 20.8 Å². The van der Waals surface area contributed by atoms with Crippen molar-refractivity contribution in [1.82, 2.24) is 20.2 Å².